The number of hydrogen-bond donors (Lipinski definition) is 1. The number of carbonyl (C=O) groups excluding carboxylic acids is 1. The second kappa shape index (κ2) is 7.59. The molecule has 24 heavy (non-hydrogen) atoms. The van der Waals surface area contributed by atoms with E-state index in [1.807, 2.05) is 42.5 Å². The largest absolute Gasteiger partial charge is 0.461 e. The van der Waals surface area contributed by atoms with E-state index in [1.54, 1.807) is 12.1 Å². The highest BCUT2D eigenvalue weighted by molar-refractivity contribution is 5.76. The van der Waals surface area contributed by atoms with Crippen molar-refractivity contribution in [2.24, 2.45) is 0 Å². The van der Waals surface area contributed by atoms with Crippen molar-refractivity contribution in [2.75, 3.05) is 0 Å². The van der Waals surface area contributed by atoms with Crippen LogP contribution in [-0.4, -0.2) is 5.91 Å². The monoisotopic (exact) mass is 323 g/mol. The lowest BCUT2D eigenvalue weighted by Crippen LogP contribution is -2.22. The number of halogens is 1. The molecule has 3 nitrogen and oxygen atoms in total. The fraction of sp³-hybridized carbons (Fsp3) is 0.150. The van der Waals surface area contributed by atoms with Gasteiger partial charge in [-0.2, -0.15) is 0 Å². The van der Waals surface area contributed by atoms with E-state index in [2.05, 4.69) is 5.32 Å². The first kappa shape index (κ1) is 16.0. The van der Waals surface area contributed by atoms with Gasteiger partial charge in [0.1, 0.15) is 17.3 Å². The molecule has 122 valence electrons. The van der Waals surface area contributed by atoms with Crippen LogP contribution in [0.4, 0.5) is 4.39 Å². The van der Waals surface area contributed by atoms with Crippen LogP contribution >= 0.6 is 0 Å². The number of furan rings is 1. The highest BCUT2D eigenvalue weighted by Crippen LogP contribution is 2.22. The average Bonchev–Trinajstić information content (AvgIpc) is 3.09. The Hall–Kier alpha value is -2.88. The first-order chi connectivity index (χ1) is 11.7. The third-order valence-electron chi connectivity index (χ3n) is 3.72. The van der Waals surface area contributed by atoms with Crippen molar-refractivity contribution in [1.29, 1.82) is 0 Å². The molecule has 0 unspecified atom stereocenters. The zero-order valence-electron chi connectivity index (χ0n) is 13.2. The first-order valence-electron chi connectivity index (χ1n) is 7.86. The summed E-state index contributed by atoms with van der Waals surface area (Å²) in [5, 5.41) is 2.82. The van der Waals surface area contributed by atoms with Gasteiger partial charge in [-0.25, -0.2) is 4.39 Å². The van der Waals surface area contributed by atoms with Gasteiger partial charge in [0.2, 0.25) is 5.91 Å². The van der Waals surface area contributed by atoms with E-state index in [1.165, 1.54) is 12.1 Å². The topological polar surface area (TPSA) is 42.2 Å². The maximum Gasteiger partial charge on any atom is 0.220 e. The first-order valence-corrected chi connectivity index (χ1v) is 7.86. The summed E-state index contributed by atoms with van der Waals surface area (Å²) in [6.45, 7) is 0.395. The molecule has 0 aliphatic rings. The summed E-state index contributed by atoms with van der Waals surface area (Å²) in [6, 6.07) is 19.7. The molecule has 2 aromatic carbocycles. The molecule has 3 rings (SSSR count). The predicted molar refractivity (Wildman–Crippen MR) is 90.7 cm³/mol. The normalized spacial score (nSPS) is 10.5. The second-order valence-electron chi connectivity index (χ2n) is 5.54. The van der Waals surface area contributed by atoms with Gasteiger partial charge in [-0.1, -0.05) is 42.5 Å². The molecule has 1 amide bonds. The van der Waals surface area contributed by atoms with E-state index in [-0.39, 0.29) is 11.7 Å². The summed E-state index contributed by atoms with van der Waals surface area (Å²) in [5.41, 5.74) is 1.89. The van der Waals surface area contributed by atoms with Gasteiger partial charge in [0.25, 0.3) is 0 Å². The summed E-state index contributed by atoms with van der Waals surface area (Å²) in [6.07, 6.45) is 0.894. The summed E-state index contributed by atoms with van der Waals surface area (Å²) in [5.74, 6) is 1.25. The van der Waals surface area contributed by atoms with Crippen LogP contribution in [0.15, 0.2) is 71.1 Å². The quantitative estimate of drug-likeness (QED) is 0.733. The minimum Gasteiger partial charge on any atom is -0.461 e. The Kier molecular flexibility index (Phi) is 5.06. The zero-order valence-corrected chi connectivity index (χ0v) is 13.2. The molecule has 0 bridgehead atoms. The van der Waals surface area contributed by atoms with Crippen LogP contribution in [0.3, 0.4) is 0 Å². The number of nitrogens with one attached hydrogen (secondary N) is 1. The van der Waals surface area contributed by atoms with Crippen LogP contribution in [0, 0.1) is 5.82 Å². The van der Waals surface area contributed by atoms with Crippen molar-refractivity contribution in [3.8, 4) is 11.3 Å². The zero-order chi connectivity index (χ0) is 16.8. The highest BCUT2D eigenvalue weighted by atomic mass is 19.1. The van der Waals surface area contributed by atoms with Gasteiger partial charge in [-0.15, -0.1) is 0 Å². The molecule has 0 saturated heterocycles. The summed E-state index contributed by atoms with van der Waals surface area (Å²) >= 11 is 0. The van der Waals surface area contributed by atoms with E-state index < -0.39 is 0 Å². The van der Waals surface area contributed by atoms with Crippen molar-refractivity contribution >= 4 is 5.91 Å². The fourth-order valence-corrected chi connectivity index (χ4v) is 2.40. The number of amides is 1. The molecule has 0 aliphatic carbocycles. The average molecular weight is 323 g/mol. The molecule has 0 radical (unpaired) electrons. The number of rotatable bonds is 6. The lowest BCUT2D eigenvalue weighted by molar-refractivity contribution is -0.121. The van der Waals surface area contributed by atoms with E-state index >= 15 is 0 Å². The maximum absolute atomic E-state index is 12.8. The van der Waals surface area contributed by atoms with E-state index in [4.69, 9.17) is 4.42 Å². The molecule has 0 spiro atoms. The van der Waals surface area contributed by atoms with E-state index in [0.717, 1.165) is 22.6 Å². The van der Waals surface area contributed by atoms with Crippen molar-refractivity contribution in [2.45, 2.75) is 19.4 Å². The second-order valence-corrected chi connectivity index (χ2v) is 5.54. The lowest BCUT2D eigenvalue weighted by Gasteiger charge is -2.04. The molecule has 0 aliphatic heterocycles. The molecule has 1 aromatic heterocycles. The fourth-order valence-electron chi connectivity index (χ4n) is 2.40. The Morgan fingerprint density at radius 2 is 1.71 bits per heavy atom. The molecule has 4 heteroatoms. The highest BCUT2D eigenvalue weighted by Gasteiger charge is 2.07. The molecule has 0 atom stereocenters. The van der Waals surface area contributed by atoms with Crippen LogP contribution in [0.5, 0.6) is 0 Å². The Balaban J connectivity index is 1.48. The Labute approximate surface area is 140 Å². The molecule has 1 N–H and O–H groups in total. The number of hydrogen-bond acceptors (Lipinski definition) is 2. The molecule has 0 saturated carbocycles. The van der Waals surface area contributed by atoms with Gasteiger partial charge in [0.05, 0.1) is 0 Å². The van der Waals surface area contributed by atoms with Crippen molar-refractivity contribution in [3.05, 3.63) is 83.9 Å². The van der Waals surface area contributed by atoms with E-state index in [0.29, 0.717) is 19.4 Å². The van der Waals surface area contributed by atoms with Gasteiger partial charge in [0, 0.05) is 24.9 Å². The van der Waals surface area contributed by atoms with Crippen molar-refractivity contribution in [3.63, 3.8) is 0 Å². The third-order valence-corrected chi connectivity index (χ3v) is 3.72. The summed E-state index contributed by atoms with van der Waals surface area (Å²) < 4.78 is 18.6. The van der Waals surface area contributed by atoms with Crippen LogP contribution < -0.4 is 5.32 Å². The van der Waals surface area contributed by atoms with Gasteiger partial charge in [0.15, 0.2) is 0 Å². The number of aryl methyl sites for hydroxylation is 1. The lowest BCUT2D eigenvalue weighted by atomic mass is 10.2. The SMILES string of the molecule is O=C(CCc1ccc(-c2ccccc2)o1)NCc1ccc(F)cc1. The smallest absolute Gasteiger partial charge is 0.220 e. The van der Waals surface area contributed by atoms with Gasteiger partial charge >= 0.3 is 0 Å². The third kappa shape index (κ3) is 4.32. The van der Waals surface area contributed by atoms with Crippen molar-refractivity contribution < 1.29 is 13.6 Å². The van der Waals surface area contributed by atoms with Gasteiger partial charge in [-0.05, 0) is 29.8 Å². The van der Waals surface area contributed by atoms with Crippen molar-refractivity contribution in [1.82, 2.24) is 5.32 Å². The summed E-state index contributed by atoms with van der Waals surface area (Å²) in [4.78, 5) is 11.9. The Morgan fingerprint density at radius 3 is 2.46 bits per heavy atom. The molecule has 1 heterocycles. The maximum atomic E-state index is 12.8. The van der Waals surface area contributed by atoms with Gasteiger partial charge < -0.3 is 9.73 Å². The predicted octanol–water partition coefficient (Wildman–Crippen LogP) is 4.33. The van der Waals surface area contributed by atoms with E-state index in [9.17, 15) is 9.18 Å². The van der Waals surface area contributed by atoms with Crippen LogP contribution in [-0.2, 0) is 17.8 Å². The van der Waals surface area contributed by atoms with Crippen LogP contribution in [0.25, 0.3) is 11.3 Å². The molecule has 3 aromatic rings. The minimum absolute atomic E-state index is 0.0583. The number of benzene rings is 2. The van der Waals surface area contributed by atoms with Gasteiger partial charge in [-0.3, -0.25) is 4.79 Å². The molecular formula is C20H18FNO2. The number of carbonyl (C=O) groups is 1. The minimum atomic E-state index is -0.280. The Morgan fingerprint density at radius 1 is 0.958 bits per heavy atom. The molecule has 0 fully saturated rings. The summed E-state index contributed by atoms with van der Waals surface area (Å²) in [7, 11) is 0. The Bertz CT molecular complexity index is 794. The van der Waals surface area contributed by atoms with Crippen LogP contribution in [0.2, 0.25) is 0 Å². The molecular weight excluding hydrogens is 305 g/mol. The standard InChI is InChI=1S/C20H18FNO2/c21-17-8-6-15(7-9-17)14-22-20(23)13-11-18-10-12-19(24-18)16-4-2-1-3-5-16/h1-10,12H,11,13-14H2,(H,22,23). The van der Waals surface area contributed by atoms with Crippen LogP contribution in [0.1, 0.15) is 17.7 Å².